The zero-order valence-corrected chi connectivity index (χ0v) is 12.2. The Kier molecular flexibility index (Phi) is 5.20. The van der Waals surface area contributed by atoms with Crippen molar-refractivity contribution in [2.45, 2.75) is 59.9 Å². The Hall–Kier alpha value is -0.820. The van der Waals surface area contributed by atoms with Gasteiger partial charge in [-0.25, -0.2) is 0 Å². The largest absolute Gasteiger partial charge is 0.314 e. The van der Waals surface area contributed by atoms with Crippen molar-refractivity contribution in [1.82, 2.24) is 5.32 Å². The van der Waals surface area contributed by atoms with E-state index in [-0.39, 0.29) is 0 Å². The fourth-order valence-electron chi connectivity index (χ4n) is 2.71. The van der Waals surface area contributed by atoms with E-state index in [1.807, 2.05) is 0 Å². The molecule has 1 N–H and O–H groups in total. The van der Waals surface area contributed by atoms with Crippen LogP contribution in [0.5, 0.6) is 0 Å². The predicted molar refractivity (Wildman–Crippen MR) is 76.8 cm³/mol. The van der Waals surface area contributed by atoms with Crippen molar-refractivity contribution in [1.29, 1.82) is 0 Å². The molecule has 0 saturated heterocycles. The molecule has 0 aromatic heterocycles. The second-order valence-electron chi connectivity index (χ2n) is 5.34. The van der Waals surface area contributed by atoms with Crippen LogP contribution in [0.4, 0.5) is 0 Å². The monoisotopic (exact) mass is 233 g/mol. The molecule has 0 aliphatic carbocycles. The van der Waals surface area contributed by atoms with E-state index in [2.05, 4.69) is 59.0 Å². The first-order chi connectivity index (χ1) is 7.97. The van der Waals surface area contributed by atoms with Gasteiger partial charge >= 0.3 is 0 Å². The van der Waals surface area contributed by atoms with Gasteiger partial charge in [0.2, 0.25) is 0 Å². The van der Waals surface area contributed by atoms with Gasteiger partial charge in [0.25, 0.3) is 0 Å². The van der Waals surface area contributed by atoms with Crippen molar-refractivity contribution in [2.24, 2.45) is 0 Å². The Morgan fingerprint density at radius 1 is 1.06 bits per heavy atom. The average Bonchev–Trinajstić information content (AvgIpc) is 2.24. The lowest BCUT2D eigenvalue weighted by molar-refractivity contribution is 0.479. The summed E-state index contributed by atoms with van der Waals surface area (Å²) < 4.78 is 0. The minimum absolute atomic E-state index is 0.537. The maximum atomic E-state index is 3.60. The fourth-order valence-corrected chi connectivity index (χ4v) is 2.71. The molecule has 0 aliphatic heterocycles. The molecule has 1 heteroatoms. The van der Waals surface area contributed by atoms with Crippen molar-refractivity contribution in [3.8, 4) is 0 Å². The predicted octanol–water partition coefficient (Wildman–Crippen LogP) is 4.10. The van der Waals surface area contributed by atoms with Gasteiger partial charge in [0.05, 0.1) is 0 Å². The maximum absolute atomic E-state index is 3.60. The molecule has 2 unspecified atom stereocenters. The number of hydrogen-bond donors (Lipinski definition) is 1. The van der Waals surface area contributed by atoms with E-state index in [0.717, 1.165) is 6.54 Å². The third kappa shape index (κ3) is 3.57. The molecular weight excluding hydrogens is 206 g/mol. The summed E-state index contributed by atoms with van der Waals surface area (Å²) in [6.45, 7) is 14.6. The fraction of sp³-hybridized carbons (Fsp3) is 0.625. The summed E-state index contributed by atoms with van der Waals surface area (Å²) >= 11 is 0. The highest BCUT2D eigenvalue weighted by Crippen LogP contribution is 2.27. The zero-order chi connectivity index (χ0) is 13.0. The molecule has 0 aliphatic rings. The molecule has 0 saturated carbocycles. The van der Waals surface area contributed by atoms with Gasteiger partial charge in [-0.3, -0.25) is 0 Å². The van der Waals surface area contributed by atoms with E-state index in [1.54, 1.807) is 0 Å². The van der Waals surface area contributed by atoms with Crippen LogP contribution in [0.25, 0.3) is 0 Å². The molecule has 96 valence electrons. The number of hydrogen-bond acceptors (Lipinski definition) is 1. The average molecular weight is 233 g/mol. The zero-order valence-electron chi connectivity index (χ0n) is 12.2. The van der Waals surface area contributed by atoms with Crippen LogP contribution >= 0.6 is 0 Å². The Morgan fingerprint density at radius 3 is 2.06 bits per heavy atom. The minimum Gasteiger partial charge on any atom is -0.314 e. The lowest BCUT2D eigenvalue weighted by atomic mass is 9.86. The smallest absolute Gasteiger partial charge is 0.0105 e. The Balaban J connectivity index is 2.91. The van der Waals surface area contributed by atoms with Gasteiger partial charge in [-0.2, -0.15) is 0 Å². The van der Waals surface area contributed by atoms with Gasteiger partial charge in [0, 0.05) is 6.04 Å². The molecule has 1 rings (SSSR count). The molecule has 2 atom stereocenters. The highest BCUT2D eigenvalue weighted by Gasteiger charge is 2.17. The maximum Gasteiger partial charge on any atom is 0.0105 e. The summed E-state index contributed by atoms with van der Waals surface area (Å²) in [5, 5.41) is 3.60. The van der Waals surface area contributed by atoms with E-state index in [9.17, 15) is 0 Å². The summed E-state index contributed by atoms with van der Waals surface area (Å²) in [4.78, 5) is 0. The lowest BCUT2D eigenvalue weighted by Crippen LogP contribution is -2.32. The van der Waals surface area contributed by atoms with Crippen LogP contribution in [0.3, 0.4) is 0 Å². The van der Waals surface area contributed by atoms with E-state index >= 15 is 0 Å². The van der Waals surface area contributed by atoms with Crippen molar-refractivity contribution >= 4 is 0 Å². The van der Waals surface area contributed by atoms with E-state index in [1.165, 1.54) is 28.7 Å². The standard InChI is InChI=1S/C16H27N/c1-7-8-17-15(6)14(5)16-12(3)9-11(2)10-13(16)4/h9-10,14-15,17H,7-8H2,1-6H3. The minimum atomic E-state index is 0.537. The van der Waals surface area contributed by atoms with Crippen LogP contribution in [0.1, 0.15) is 55.4 Å². The second-order valence-corrected chi connectivity index (χ2v) is 5.34. The molecule has 0 spiro atoms. The number of rotatable bonds is 5. The van der Waals surface area contributed by atoms with Gasteiger partial charge in [0.15, 0.2) is 0 Å². The highest BCUT2D eigenvalue weighted by molar-refractivity contribution is 5.40. The summed E-state index contributed by atoms with van der Waals surface area (Å²) in [6, 6.07) is 5.13. The quantitative estimate of drug-likeness (QED) is 0.807. The first kappa shape index (κ1) is 14.2. The van der Waals surface area contributed by atoms with Crippen molar-refractivity contribution in [2.75, 3.05) is 6.54 Å². The van der Waals surface area contributed by atoms with Crippen LogP contribution in [-0.4, -0.2) is 12.6 Å². The van der Waals surface area contributed by atoms with Crippen LogP contribution in [0, 0.1) is 20.8 Å². The van der Waals surface area contributed by atoms with Gasteiger partial charge in [0.1, 0.15) is 0 Å². The number of nitrogens with one attached hydrogen (secondary N) is 1. The molecule has 0 bridgehead atoms. The molecular formula is C16H27N. The van der Waals surface area contributed by atoms with Crippen molar-refractivity contribution in [3.05, 3.63) is 34.4 Å². The topological polar surface area (TPSA) is 12.0 Å². The van der Waals surface area contributed by atoms with Crippen LogP contribution < -0.4 is 5.32 Å². The summed E-state index contributed by atoms with van der Waals surface area (Å²) in [5.41, 5.74) is 5.75. The first-order valence-corrected chi connectivity index (χ1v) is 6.78. The number of aryl methyl sites for hydroxylation is 3. The van der Waals surface area contributed by atoms with Crippen LogP contribution in [0.15, 0.2) is 12.1 Å². The summed E-state index contributed by atoms with van der Waals surface area (Å²) in [5.74, 6) is 0.571. The normalized spacial score (nSPS) is 14.7. The molecule has 0 fully saturated rings. The highest BCUT2D eigenvalue weighted by atomic mass is 14.9. The lowest BCUT2D eigenvalue weighted by Gasteiger charge is -2.25. The third-order valence-corrected chi connectivity index (χ3v) is 3.66. The Labute approximate surface area is 107 Å². The van der Waals surface area contributed by atoms with Gasteiger partial charge < -0.3 is 5.32 Å². The summed E-state index contributed by atoms with van der Waals surface area (Å²) in [7, 11) is 0. The van der Waals surface area contributed by atoms with Crippen molar-refractivity contribution < 1.29 is 0 Å². The van der Waals surface area contributed by atoms with Crippen LogP contribution in [0.2, 0.25) is 0 Å². The SMILES string of the molecule is CCCNC(C)C(C)c1c(C)cc(C)cc1C. The van der Waals surface area contributed by atoms with E-state index in [0.29, 0.717) is 12.0 Å². The van der Waals surface area contributed by atoms with E-state index < -0.39 is 0 Å². The van der Waals surface area contributed by atoms with Gasteiger partial charge in [-0.15, -0.1) is 0 Å². The van der Waals surface area contributed by atoms with Gasteiger partial charge in [-0.05, 0) is 63.3 Å². The Bertz CT molecular complexity index is 345. The van der Waals surface area contributed by atoms with Crippen LogP contribution in [-0.2, 0) is 0 Å². The molecule has 17 heavy (non-hydrogen) atoms. The second kappa shape index (κ2) is 6.20. The van der Waals surface area contributed by atoms with E-state index in [4.69, 9.17) is 0 Å². The molecule has 1 aromatic rings. The van der Waals surface area contributed by atoms with Crippen molar-refractivity contribution in [3.63, 3.8) is 0 Å². The molecule has 1 aromatic carbocycles. The molecule has 1 nitrogen and oxygen atoms in total. The van der Waals surface area contributed by atoms with Gasteiger partial charge in [-0.1, -0.05) is 31.5 Å². The first-order valence-electron chi connectivity index (χ1n) is 6.78. The molecule has 0 radical (unpaired) electrons. The number of benzene rings is 1. The third-order valence-electron chi connectivity index (χ3n) is 3.66. The summed E-state index contributed by atoms with van der Waals surface area (Å²) in [6.07, 6.45) is 1.20. The molecule has 0 amide bonds. The Morgan fingerprint density at radius 2 is 1.59 bits per heavy atom. The molecule has 0 heterocycles.